The van der Waals surface area contributed by atoms with Crippen molar-refractivity contribution in [2.24, 2.45) is 11.8 Å². The molecule has 0 aliphatic heterocycles. The van der Waals surface area contributed by atoms with Gasteiger partial charge in [0.05, 0.1) is 6.54 Å². The van der Waals surface area contributed by atoms with Crippen LogP contribution in [0.15, 0.2) is 24.3 Å². The highest BCUT2D eigenvalue weighted by atomic mass is 19.1. The van der Waals surface area contributed by atoms with Crippen LogP contribution < -0.4 is 10.6 Å². The lowest BCUT2D eigenvalue weighted by atomic mass is 9.78. The highest BCUT2D eigenvalue weighted by Crippen LogP contribution is 2.29. The maximum absolute atomic E-state index is 12.8. The fraction of sp³-hybridized carbons (Fsp3) is 0.562. The second-order valence-electron chi connectivity index (χ2n) is 5.81. The lowest BCUT2D eigenvalue weighted by Gasteiger charge is -2.34. The van der Waals surface area contributed by atoms with Gasteiger partial charge in [0.2, 0.25) is 5.91 Å². The monoisotopic (exact) mass is 278 g/mol. The van der Waals surface area contributed by atoms with Crippen molar-refractivity contribution in [2.75, 3.05) is 11.9 Å². The number of nitrogens with one attached hydrogen (secondary N) is 2. The van der Waals surface area contributed by atoms with Crippen molar-refractivity contribution in [3.63, 3.8) is 0 Å². The molecule has 0 aromatic heterocycles. The molecule has 0 heterocycles. The molecule has 110 valence electrons. The van der Waals surface area contributed by atoms with Gasteiger partial charge in [0.25, 0.3) is 0 Å². The van der Waals surface area contributed by atoms with Crippen molar-refractivity contribution in [1.29, 1.82) is 0 Å². The maximum atomic E-state index is 12.8. The highest BCUT2D eigenvalue weighted by molar-refractivity contribution is 5.92. The number of carbonyl (C=O) groups is 1. The number of anilines is 1. The molecule has 0 bridgehead atoms. The molecule has 1 fully saturated rings. The van der Waals surface area contributed by atoms with Crippen LogP contribution in [0.25, 0.3) is 0 Å². The van der Waals surface area contributed by atoms with Gasteiger partial charge in [-0.1, -0.05) is 26.7 Å². The van der Waals surface area contributed by atoms with Crippen molar-refractivity contribution in [3.05, 3.63) is 30.1 Å². The Morgan fingerprint density at radius 2 is 1.95 bits per heavy atom. The summed E-state index contributed by atoms with van der Waals surface area (Å²) in [6.45, 7) is 4.83. The number of hydrogen-bond acceptors (Lipinski definition) is 2. The van der Waals surface area contributed by atoms with E-state index in [2.05, 4.69) is 24.5 Å². The van der Waals surface area contributed by atoms with E-state index in [1.54, 1.807) is 12.1 Å². The molecule has 3 unspecified atom stereocenters. The second kappa shape index (κ2) is 6.84. The topological polar surface area (TPSA) is 41.1 Å². The number of carbonyl (C=O) groups excluding carboxylic acids is 1. The average Bonchev–Trinajstić information content (AvgIpc) is 2.43. The smallest absolute Gasteiger partial charge is 0.238 e. The van der Waals surface area contributed by atoms with Crippen LogP contribution in [0.1, 0.15) is 33.1 Å². The van der Waals surface area contributed by atoms with Crippen molar-refractivity contribution >= 4 is 11.6 Å². The quantitative estimate of drug-likeness (QED) is 0.888. The zero-order chi connectivity index (χ0) is 14.5. The summed E-state index contributed by atoms with van der Waals surface area (Å²) >= 11 is 0. The van der Waals surface area contributed by atoms with E-state index in [-0.39, 0.29) is 11.7 Å². The summed E-state index contributed by atoms with van der Waals surface area (Å²) in [5.41, 5.74) is 0.628. The van der Waals surface area contributed by atoms with E-state index in [1.807, 2.05) is 0 Å². The van der Waals surface area contributed by atoms with Gasteiger partial charge in [-0.15, -0.1) is 0 Å². The van der Waals surface area contributed by atoms with E-state index >= 15 is 0 Å². The van der Waals surface area contributed by atoms with Crippen molar-refractivity contribution < 1.29 is 9.18 Å². The minimum Gasteiger partial charge on any atom is -0.325 e. The SMILES string of the molecule is CC1CCCC(NCC(=O)Nc2ccc(F)cc2)C1C. The number of hydrogen-bond donors (Lipinski definition) is 2. The normalized spacial score (nSPS) is 26.2. The Bertz CT molecular complexity index is 446. The third kappa shape index (κ3) is 4.04. The molecule has 3 atom stereocenters. The van der Waals surface area contributed by atoms with Gasteiger partial charge >= 0.3 is 0 Å². The molecule has 1 saturated carbocycles. The number of amides is 1. The van der Waals surface area contributed by atoms with E-state index in [0.717, 1.165) is 6.42 Å². The molecule has 1 aromatic rings. The van der Waals surface area contributed by atoms with Crippen LogP contribution in [0.5, 0.6) is 0 Å². The third-order valence-corrected chi connectivity index (χ3v) is 4.36. The number of benzene rings is 1. The Morgan fingerprint density at radius 3 is 2.65 bits per heavy atom. The molecule has 20 heavy (non-hydrogen) atoms. The van der Waals surface area contributed by atoms with Crippen molar-refractivity contribution in [3.8, 4) is 0 Å². The molecule has 2 N–H and O–H groups in total. The van der Waals surface area contributed by atoms with Crippen LogP contribution in [0.3, 0.4) is 0 Å². The summed E-state index contributed by atoms with van der Waals surface area (Å²) < 4.78 is 12.8. The van der Waals surface area contributed by atoms with Crippen LogP contribution in [0.2, 0.25) is 0 Å². The molecule has 2 rings (SSSR count). The summed E-state index contributed by atoms with van der Waals surface area (Å²) in [4.78, 5) is 11.9. The van der Waals surface area contributed by atoms with Gasteiger partial charge in [-0.05, 0) is 42.5 Å². The van der Waals surface area contributed by atoms with Gasteiger partial charge in [-0.25, -0.2) is 4.39 Å². The van der Waals surface area contributed by atoms with Crippen LogP contribution >= 0.6 is 0 Å². The predicted molar refractivity (Wildman–Crippen MR) is 79.0 cm³/mol. The van der Waals surface area contributed by atoms with Crippen LogP contribution in [0.4, 0.5) is 10.1 Å². The Hall–Kier alpha value is -1.42. The Morgan fingerprint density at radius 1 is 1.25 bits per heavy atom. The molecule has 3 nitrogen and oxygen atoms in total. The first kappa shape index (κ1) is 15.0. The molecule has 4 heteroatoms. The zero-order valence-electron chi connectivity index (χ0n) is 12.2. The molecular formula is C16H23FN2O. The summed E-state index contributed by atoms with van der Waals surface area (Å²) in [5, 5.41) is 6.11. The van der Waals surface area contributed by atoms with Crippen molar-refractivity contribution in [2.45, 2.75) is 39.2 Å². The predicted octanol–water partition coefficient (Wildman–Crippen LogP) is 3.18. The fourth-order valence-corrected chi connectivity index (χ4v) is 2.83. The van der Waals surface area contributed by atoms with E-state index in [4.69, 9.17) is 0 Å². The van der Waals surface area contributed by atoms with Gasteiger partial charge in [0.15, 0.2) is 0 Å². The average molecular weight is 278 g/mol. The third-order valence-electron chi connectivity index (χ3n) is 4.36. The van der Waals surface area contributed by atoms with E-state index in [1.165, 1.54) is 25.0 Å². The minimum absolute atomic E-state index is 0.0814. The first-order chi connectivity index (χ1) is 9.56. The molecular weight excluding hydrogens is 255 g/mol. The molecule has 0 radical (unpaired) electrons. The number of rotatable bonds is 4. The maximum Gasteiger partial charge on any atom is 0.238 e. The Balaban J connectivity index is 1.78. The van der Waals surface area contributed by atoms with E-state index in [0.29, 0.717) is 30.1 Å². The van der Waals surface area contributed by atoms with Crippen LogP contribution in [-0.4, -0.2) is 18.5 Å². The summed E-state index contributed by atoms with van der Waals surface area (Å²) in [5.74, 6) is 0.928. The molecule has 1 aromatic carbocycles. The largest absolute Gasteiger partial charge is 0.325 e. The number of halogens is 1. The Kier molecular flexibility index (Phi) is 5.12. The summed E-state index contributed by atoms with van der Waals surface area (Å²) in [7, 11) is 0. The van der Waals surface area contributed by atoms with Crippen LogP contribution in [0, 0.1) is 17.7 Å². The van der Waals surface area contributed by atoms with Gasteiger partial charge in [-0.3, -0.25) is 4.79 Å². The van der Waals surface area contributed by atoms with Gasteiger partial charge in [-0.2, -0.15) is 0 Å². The molecule has 1 amide bonds. The van der Waals surface area contributed by atoms with E-state index < -0.39 is 0 Å². The zero-order valence-corrected chi connectivity index (χ0v) is 12.2. The fourth-order valence-electron chi connectivity index (χ4n) is 2.83. The Labute approximate surface area is 120 Å². The van der Waals surface area contributed by atoms with Crippen LogP contribution in [-0.2, 0) is 4.79 Å². The lowest BCUT2D eigenvalue weighted by molar-refractivity contribution is -0.115. The second-order valence-corrected chi connectivity index (χ2v) is 5.81. The standard InChI is InChI=1S/C16H23FN2O/c1-11-4-3-5-15(12(11)2)18-10-16(20)19-14-8-6-13(17)7-9-14/h6-9,11-12,15,18H,3-5,10H2,1-2H3,(H,19,20). The molecule has 1 aliphatic carbocycles. The lowest BCUT2D eigenvalue weighted by Crippen LogP contribution is -2.43. The first-order valence-electron chi connectivity index (χ1n) is 7.35. The molecule has 0 saturated heterocycles. The van der Waals surface area contributed by atoms with Crippen molar-refractivity contribution in [1.82, 2.24) is 5.32 Å². The summed E-state index contributed by atoms with van der Waals surface area (Å²) in [6.07, 6.45) is 3.64. The van der Waals surface area contributed by atoms with Gasteiger partial charge < -0.3 is 10.6 Å². The highest BCUT2D eigenvalue weighted by Gasteiger charge is 2.26. The molecule has 0 spiro atoms. The van der Waals surface area contributed by atoms with Gasteiger partial charge in [0, 0.05) is 11.7 Å². The summed E-state index contributed by atoms with van der Waals surface area (Å²) in [6, 6.07) is 6.23. The minimum atomic E-state index is -0.300. The first-order valence-corrected chi connectivity index (χ1v) is 7.35. The molecule has 1 aliphatic rings. The van der Waals surface area contributed by atoms with Gasteiger partial charge in [0.1, 0.15) is 5.82 Å². The van der Waals surface area contributed by atoms with E-state index in [9.17, 15) is 9.18 Å².